The molecular weight excluding hydrogens is 949 g/mol. The molecule has 5 atom stereocenters. The molecule has 4 aromatic carbocycles. The normalized spacial score (nSPS) is 22.4. The average Bonchev–Trinajstić information content (AvgIpc) is 3.42. The van der Waals surface area contributed by atoms with Crippen molar-refractivity contribution in [3.05, 3.63) is 149 Å². The van der Waals surface area contributed by atoms with Gasteiger partial charge in [0, 0.05) is 46.7 Å². The van der Waals surface area contributed by atoms with E-state index in [-0.39, 0.29) is 87.0 Å². The smallest absolute Gasteiger partial charge is 0.334 e. The Morgan fingerprint density at radius 1 is 0.640 bits per heavy atom. The first-order valence-electron chi connectivity index (χ1n) is 26.2. The van der Waals surface area contributed by atoms with Gasteiger partial charge in [0.15, 0.2) is 0 Å². The summed E-state index contributed by atoms with van der Waals surface area (Å²) in [6.07, 6.45) is 8.03. The van der Waals surface area contributed by atoms with Crippen molar-refractivity contribution in [3.8, 4) is 16.9 Å². The fraction of sp³-hybridized carbons (Fsp3) is 0.414. The second-order valence-corrected chi connectivity index (χ2v) is 21.0. The maximum Gasteiger partial charge on any atom is 0.334 e. The van der Waals surface area contributed by atoms with Gasteiger partial charge in [-0.25, -0.2) is 29.6 Å². The Hall–Kier alpha value is -7.50. The average molecular weight is 1020 g/mol. The Bertz CT molecular complexity index is 2820. The number of benzene rings is 4. The fourth-order valence-electron chi connectivity index (χ4n) is 11.1. The van der Waals surface area contributed by atoms with Crippen molar-refractivity contribution >= 4 is 35.7 Å². The first kappa shape index (κ1) is 52.4. The highest BCUT2D eigenvalue weighted by Gasteiger charge is 2.52. The summed E-state index contributed by atoms with van der Waals surface area (Å²) >= 11 is 0. The summed E-state index contributed by atoms with van der Waals surface area (Å²) < 4.78 is 0. The molecule has 4 aliphatic heterocycles. The number of likely N-dealkylation sites (N-methyl/N-ethyl adjacent to an activating group) is 2. The summed E-state index contributed by atoms with van der Waals surface area (Å²) in [6, 6.07) is 30.0. The summed E-state index contributed by atoms with van der Waals surface area (Å²) in [7, 11) is 3.44. The molecule has 4 fully saturated rings. The third-order valence-electron chi connectivity index (χ3n) is 15.0. The van der Waals surface area contributed by atoms with Gasteiger partial charge in [0.05, 0.1) is 26.2 Å². The first-order chi connectivity index (χ1) is 36.1. The number of nitrogens with zero attached hydrogens (tertiary/aromatic N) is 8. The quantitative estimate of drug-likeness (QED) is 0.130. The lowest BCUT2D eigenvalue weighted by molar-refractivity contribution is -0.187. The number of urea groups is 2. The molecule has 1 unspecified atom stereocenters. The van der Waals surface area contributed by atoms with Gasteiger partial charge in [0.25, 0.3) is 0 Å². The molecule has 0 bridgehead atoms. The number of piperazine rings is 2. The highest BCUT2D eigenvalue weighted by molar-refractivity contribution is 5.93. The van der Waals surface area contributed by atoms with E-state index in [2.05, 4.69) is 35.8 Å². The molecule has 17 nitrogen and oxygen atoms in total. The van der Waals surface area contributed by atoms with Crippen LogP contribution in [0.3, 0.4) is 0 Å². The fourth-order valence-corrected chi connectivity index (χ4v) is 11.1. The Kier molecular flexibility index (Phi) is 16.0. The summed E-state index contributed by atoms with van der Waals surface area (Å²) in [6.45, 7) is 7.74. The minimum absolute atomic E-state index is 0.0337. The molecule has 17 heteroatoms. The van der Waals surface area contributed by atoms with E-state index >= 15 is 0 Å². The predicted octanol–water partition coefficient (Wildman–Crippen LogP) is 5.98. The highest BCUT2D eigenvalue weighted by atomic mass is 16.3. The van der Waals surface area contributed by atoms with Gasteiger partial charge in [-0.2, -0.15) is 0 Å². The molecule has 4 saturated heterocycles. The number of fused-ring (bicyclic) bond motifs is 2. The van der Waals surface area contributed by atoms with E-state index in [9.17, 15) is 33.9 Å². The zero-order valence-corrected chi connectivity index (χ0v) is 43.7. The molecule has 4 heterocycles. The van der Waals surface area contributed by atoms with Crippen LogP contribution in [0.15, 0.2) is 127 Å². The van der Waals surface area contributed by atoms with Crippen molar-refractivity contribution in [3.63, 3.8) is 0 Å². The molecule has 0 radical (unpaired) electrons. The van der Waals surface area contributed by atoms with Gasteiger partial charge < -0.3 is 35.3 Å². The SMILES string of the molecule is CC(C)C[C@H]1C(=O)N(CCc2ccccc2)C[C@H]2N1C(=O)CN(C)N2C(=O)NCc1cccc(-c2cccc(CNC(=O)N3[C@H]4CN(CCC5=CCC(C)C=C5)C(=O)[C@H](Cc5ccc(O)cc5)N4C(=O)CN3C)c2)c1. The van der Waals surface area contributed by atoms with Crippen LogP contribution in [-0.2, 0) is 45.1 Å². The lowest BCUT2D eigenvalue weighted by atomic mass is 9.96. The van der Waals surface area contributed by atoms with Crippen LogP contribution in [-0.4, -0.2) is 158 Å². The molecule has 5 aliphatic rings. The topological polar surface area (TPSA) is 173 Å². The largest absolute Gasteiger partial charge is 0.508 e. The molecule has 75 heavy (non-hydrogen) atoms. The van der Waals surface area contributed by atoms with Gasteiger partial charge >= 0.3 is 12.1 Å². The van der Waals surface area contributed by atoms with Crippen LogP contribution >= 0.6 is 0 Å². The summed E-state index contributed by atoms with van der Waals surface area (Å²) in [5, 5.41) is 22.6. The van der Waals surface area contributed by atoms with Crippen molar-refractivity contribution in [2.24, 2.45) is 11.8 Å². The van der Waals surface area contributed by atoms with E-state index in [0.29, 0.717) is 38.3 Å². The zero-order valence-electron chi connectivity index (χ0n) is 43.7. The molecule has 0 saturated carbocycles. The van der Waals surface area contributed by atoms with Gasteiger partial charge in [-0.1, -0.05) is 123 Å². The number of carbonyl (C=O) groups excluding carboxylic acids is 6. The van der Waals surface area contributed by atoms with Crippen LogP contribution < -0.4 is 10.6 Å². The van der Waals surface area contributed by atoms with E-state index in [1.807, 2.05) is 92.7 Å². The van der Waals surface area contributed by atoms with Crippen LogP contribution in [0.25, 0.3) is 11.1 Å². The van der Waals surface area contributed by atoms with Crippen molar-refractivity contribution < 1.29 is 33.9 Å². The summed E-state index contributed by atoms with van der Waals surface area (Å²) in [4.78, 5) is 91.4. The van der Waals surface area contributed by atoms with Crippen molar-refractivity contribution in [2.45, 2.75) is 90.4 Å². The van der Waals surface area contributed by atoms with Crippen molar-refractivity contribution in [1.82, 2.24) is 50.3 Å². The molecule has 8 amide bonds. The minimum Gasteiger partial charge on any atom is -0.508 e. The molecule has 0 aromatic heterocycles. The number of phenolic OH excluding ortho intramolecular Hbond substituents is 1. The second-order valence-electron chi connectivity index (χ2n) is 21.0. The standard InChI is InChI=1S/C58H70N10O7/c1-39(2)29-49-55(72)63(27-25-41-11-7-6-8-12-41)35-51-65(49)53(70)37-61(4)67(51)57(74)59-33-44-13-9-15-46(30-44)47-16-10-14-45(31-47)34-60-58(75)68-52-36-64(28-26-42-19-17-40(3)18-20-42)56(73)50(66(52)54(71)38-62(68)5)32-43-21-23-48(69)24-22-43/h6-17,19-24,30-31,39-40,49-52,69H,18,25-29,32-38H2,1-5H3,(H,59,74)(H,60,75)/t40?,49-,50-,51-,52-/m0/s1. The lowest BCUT2D eigenvalue weighted by Gasteiger charge is -2.54. The lowest BCUT2D eigenvalue weighted by Crippen LogP contribution is -2.76. The third-order valence-corrected chi connectivity index (χ3v) is 15.0. The maximum absolute atomic E-state index is 14.4. The molecule has 1 aliphatic carbocycles. The molecular formula is C58H70N10O7. The van der Waals surface area contributed by atoms with Crippen LogP contribution in [0.5, 0.6) is 5.75 Å². The van der Waals surface area contributed by atoms with E-state index in [4.69, 9.17) is 0 Å². The van der Waals surface area contributed by atoms with Crippen LogP contribution in [0.1, 0.15) is 62.3 Å². The number of allylic oxidation sites excluding steroid dienone is 3. The number of hydrogen-bond acceptors (Lipinski definition) is 9. The molecule has 394 valence electrons. The second kappa shape index (κ2) is 22.9. The summed E-state index contributed by atoms with van der Waals surface area (Å²) in [5.41, 5.74) is 6.55. The molecule has 3 N–H and O–H groups in total. The highest BCUT2D eigenvalue weighted by Crippen LogP contribution is 2.32. The van der Waals surface area contributed by atoms with Crippen LogP contribution in [0, 0.1) is 11.8 Å². The van der Waals surface area contributed by atoms with E-state index in [0.717, 1.165) is 45.4 Å². The minimum atomic E-state index is -0.851. The number of phenols is 1. The van der Waals surface area contributed by atoms with Crippen molar-refractivity contribution in [1.29, 1.82) is 0 Å². The Morgan fingerprint density at radius 3 is 1.69 bits per heavy atom. The van der Waals surface area contributed by atoms with Gasteiger partial charge in [-0.05, 0) is 95.2 Å². The van der Waals surface area contributed by atoms with E-state index < -0.39 is 30.4 Å². The van der Waals surface area contributed by atoms with Gasteiger partial charge in [-0.15, -0.1) is 0 Å². The van der Waals surface area contributed by atoms with E-state index in [1.165, 1.54) is 0 Å². The Labute approximate surface area is 439 Å². The maximum atomic E-state index is 14.4. The van der Waals surface area contributed by atoms with Crippen LogP contribution in [0.4, 0.5) is 9.59 Å². The molecule has 9 rings (SSSR count). The molecule has 4 aromatic rings. The zero-order chi connectivity index (χ0) is 52.9. The number of aromatic hydroxyl groups is 1. The van der Waals surface area contributed by atoms with Gasteiger partial charge in [0.2, 0.25) is 23.6 Å². The number of nitrogens with one attached hydrogen (secondary N) is 2. The Balaban J connectivity index is 0.866. The number of amides is 8. The first-order valence-corrected chi connectivity index (χ1v) is 26.2. The van der Waals surface area contributed by atoms with E-state index in [1.54, 1.807) is 78.0 Å². The third kappa shape index (κ3) is 11.9. The Morgan fingerprint density at radius 2 is 1.16 bits per heavy atom. The van der Waals surface area contributed by atoms with Crippen molar-refractivity contribution in [2.75, 3.05) is 53.4 Å². The van der Waals surface area contributed by atoms with Crippen LogP contribution in [0.2, 0.25) is 0 Å². The molecule has 0 spiro atoms. The van der Waals surface area contributed by atoms with Gasteiger partial charge in [0.1, 0.15) is 30.2 Å². The number of hydrogen-bond donors (Lipinski definition) is 3. The number of rotatable bonds is 15. The predicted molar refractivity (Wildman–Crippen MR) is 284 cm³/mol. The monoisotopic (exact) mass is 1020 g/mol. The summed E-state index contributed by atoms with van der Waals surface area (Å²) in [5.74, 6) is 0.0225. The number of hydrazine groups is 2. The number of carbonyl (C=O) groups is 6. The van der Waals surface area contributed by atoms with Gasteiger partial charge in [-0.3, -0.25) is 19.2 Å².